The lowest BCUT2D eigenvalue weighted by molar-refractivity contribution is -0.138. The van der Waals surface area contributed by atoms with Gasteiger partial charge in [-0.3, -0.25) is 9.79 Å². The Morgan fingerprint density at radius 2 is 2.00 bits per heavy atom. The van der Waals surface area contributed by atoms with Gasteiger partial charge in [0.1, 0.15) is 5.78 Å². The Labute approximate surface area is 122 Å². The number of H-pyrrole nitrogens is 1. The number of aliphatic carboxylic acids is 1. The summed E-state index contributed by atoms with van der Waals surface area (Å²) < 4.78 is 0. The number of benzene rings is 1. The smallest absolute Gasteiger partial charge is 0.328 e. The first kappa shape index (κ1) is 15.0. The molecule has 0 aliphatic rings. The van der Waals surface area contributed by atoms with E-state index in [9.17, 15) is 14.7 Å². The van der Waals surface area contributed by atoms with Crippen LogP contribution in [-0.4, -0.2) is 33.6 Å². The molecule has 0 unspecified atom stereocenters. The topological polar surface area (TPSA) is 82.5 Å². The maximum atomic E-state index is 11.4. The van der Waals surface area contributed by atoms with Crippen molar-refractivity contribution in [1.29, 1.82) is 0 Å². The van der Waals surface area contributed by atoms with Gasteiger partial charge in [-0.25, -0.2) is 4.79 Å². The van der Waals surface area contributed by atoms with Crippen LogP contribution in [0.1, 0.15) is 25.8 Å². The number of hydrogen-bond acceptors (Lipinski definition) is 3. The number of aromatic nitrogens is 1. The van der Waals surface area contributed by atoms with Crippen LogP contribution in [0.2, 0.25) is 0 Å². The number of nitrogens with one attached hydrogen (secondary N) is 1. The first-order valence-electron chi connectivity index (χ1n) is 6.78. The summed E-state index contributed by atoms with van der Waals surface area (Å²) in [7, 11) is 0. The monoisotopic (exact) mass is 286 g/mol. The summed E-state index contributed by atoms with van der Waals surface area (Å²) in [5.41, 5.74) is 2.44. The Hall–Kier alpha value is -2.43. The number of ketones is 1. The van der Waals surface area contributed by atoms with Crippen LogP contribution in [0.4, 0.5) is 0 Å². The van der Waals surface area contributed by atoms with Crippen LogP contribution in [-0.2, 0) is 16.0 Å². The van der Waals surface area contributed by atoms with Crippen molar-refractivity contribution in [3.05, 3.63) is 36.0 Å². The largest absolute Gasteiger partial charge is 0.480 e. The summed E-state index contributed by atoms with van der Waals surface area (Å²) in [6.45, 7) is 3.15. The summed E-state index contributed by atoms with van der Waals surface area (Å²) >= 11 is 0. The molecule has 1 aromatic heterocycles. The second-order valence-electron chi connectivity index (χ2n) is 5.16. The number of aliphatic imine (C=N–C) groups is 1. The third kappa shape index (κ3) is 3.78. The fourth-order valence-electron chi connectivity index (χ4n) is 2.37. The van der Waals surface area contributed by atoms with E-state index in [1.165, 1.54) is 6.92 Å². The molecular weight excluding hydrogens is 268 g/mol. The van der Waals surface area contributed by atoms with E-state index in [0.29, 0.717) is 12.1 Å². The van der Waals surface area contributed by atoms with Crippen LogP contribution in [0.15, 0.2) is 35.5 Å². The fourth-order valence-corrected chi connectivity index (χ4v) is 2.37. The highest BCUT2D eigenvalue weighted by Crippen LogP contribution is 2.20. The average molecular weight is 286 g/mol. The molecule has 110 valence electrons. The Balaban J connectivity index is 2.24. The van der Waals surface area contributed by atoms with E-state index < -0.39 is 12.0 Å². The van der Waals surface area contributed by atoms with Crippen molar-refractivity contribution in [2.45, 2.75) is 32.7 Å². The normalized spacial score (nSPS) is 13.3. The Bertz CT molecular complexity index is 700. The van der Waals surface area contributed by atoms with Crippen molar-refractivity contribution in [3.8, 4) is 0 Å². The molecule has 1 atom stereocenters. The highest BCUT2D eigenvalue weighted by atomic mass is 16.4. The molecule has 0 spiro atoms. The summed E-state index contributed by atoms with van der Waals surface area (Å²) in [6.07, 6.45) is 2.31. The number of Topliss-reactive ketones (excluding diaryl/α,β-unsaturated/α-hetero) is 1. The lowest BCUT2D eigenvalue weighted by Gasteiger charge is -2.08. The predicted molar refractivity (Wildman–Crippen MR) is 81.8 cm³/mol. The molecule has 0 saturated carbocycles. The van der Waals surface area contributed by atoms with Gasteiger partial charge in [-0.15, -0.1) is 0 Å². The number of nitrogens with zero attached hydrogens (tertiary/aromatic N) is 1. The number of carboxylic acids is 1. The molecule has 0 fully saturated rings. The zero-order valence-corrected chi connectivity index (χ0v) is 12.1. The van der Waals surface area contributed by atoms with Crippen molar-refractivity contribution >= 4 is 28.4 Å². The maximum absolute atomic E-state index is 11.4. The zero-order chi connectivity index (χ0) is 15.4. The highest BCUT2D eigenvalue weighted by Gasteiger charge is 2.19. The number of aromatic amines is 1. The lowest BCUT2D eigenvalue weighted by Crippen LogP contribution is -2.22. The summed E-state index contributed by atoms with van der Waals surface area (Å²) in [6, 6.07) is 6.86. The van der Waals surface area contributed by atoms with E-state index in [0.717, 1.165) is 16.5 Å². The van der Waals surface area contributed by atoms with E-state index >= 15 is 0 Å². The molecule has 5 heteroatoms. The van der Waals surface area contributed by atoms with Crippen molar-refractivity contribution in [3.63, 3.8) is 0 Å². The minimum absolute atomic E-state index is 0.0208. The van der Waals surface area contributed by atoms with Gasteiger partial charge in [0.25, 0.3) is 0 Å². The molecule has 0 saturated heterocycles. The molecule has 5 nitrogen and oxygen atoms in total. The van der Waals surface area contributed by atoms with Crippen LogP contribution in [0.3, 0.4) is 0 Å². The van der Waals surface area contributed by atoms with Crippen molar-refractivity contribution in [2.24, 2.45) is 4.99 Å². The molecule has 0 bridgehead atoms. The minimum Gasteiger partial charge on any atom is -0.480 e. The number of carbonyl (C=O) groups excluding carboxylic acids is 1. The third-order valence-corrected chi connectivity index (χ3v) is 3.25. The van der Waals surface area contributed by atoms with Gasteiger partial charge in [0, 0.05) is 35.7 Å². The van der Waals surface area contributed by atoms with Crippen molar-refractivity contribution in [1.82, 2.24) is 4.98 Å². The first-order valence-corrected chi connectivity index (χ1v) is 6.78. The molecule has 2 rings (SSSR count). The number of rotatable bonds is 6. The highest BCUT2D eigenvalue weighted by molar-refractivity contribution is 6.00. The Kier molecular flexibility index (Phi) is 4.52. The third-order valence-electron chi connectivity index (χ3n) is 3.25. The molecule has 0 radical (unpaired) electrons. The van der Waals surface area contributed by atoms with Crippen LogP contribution < -0.4 is 0 Å². The number of carboxylic acid groups (broad SMARTS) is 1. The maximum Gasteiger partial charge on any atom is 0.328 e. The lowest BCUT2D eigenvalue weighted by atomic mass is 10.1. The molecule has 1 aromatic carbocycles. The van der Waals surface area contributed by atoms with Crippen LogP contribution in [0, 0.1) is 0 Å². The quantitative estimate of drug-likeness (QED) is 0.801. The Morgan fingerprint density at radius 3 is 2.67 bits per heavy atom. The SMILES string of the molecule is CC(=O)CC(C)=N[C@H](Cc1c[nH]c2ccccc12)C(=O)O. The molecule has 0 aliphatic heterocycles. The molecule has 1 heterocycles. The van der Waals surface area contributed by atoms with Crippen LogP contribution in [0.5, 0.6) is 0 Å². The average Bonchev–Trinajstić information content (AvgIpc) is 2.80. The number of para-hydroxylation sites is 1. The van der Waals surface area contributed by atoms with Gasteiger partial charge in [-0.2, -0.15) is 0 Å². The summed E-state index contributed by atoms with van der Waals surface area (Å²) in [5.74, 6) is -1.00. The fraction of sp³-hybridized carbons (Fsp3) is 0.312. The van der Waals surface area contributed by atoms with E-state index in [2.05, 4.69) is 9.98 Å². The van der Waals surface area contributed by atoms with Crippen LogP contribution >= 0.6 is 0 Å². The molecular formula is C16H18N2O3. The van der Waals surface area contributed by atoms with E-state index in [4.69, 9.17) is 0 Å². The second kappa shape index (κ2) is 6.35. The molecule has 0 aliphatic carbocycles. The van der Waals surface area contributed by atoms with E-state index in [-0.39, 0.29) is 12.2 Å². The number of hydrogen-bond donors (Lipinski definition) is 2. The van der Waals surface area contributed by atoms with Gasteiger partial charge in [0.15, 0.2) is 6.04 Å². The van der Waals surface area contributed by atoms with Gasteiger partial charge in [0.2, 0.25) is 0 Å². The summed E-state index contributed by atoms with van der Waals surface area (Å²) in [5, 5.41) is 10.3. The molecule has 2 N–H and O–H groups in total. The van der Waals surface area contributed by atoms with Crippen molar-refractivity contribution < 1.29 is 14.7 Å². The molecule has 21 heavy (non-hydrogen) atoms. The molecule has 0 amide bonds. The summed E-state index contributed by atoms with van der Waals surface area (Å²) in [4.78, 5) is 29.7. The van der Waals surface area contributed by atoms with E-state index in [1.54, 1.807) is 6.92 Å². The standard InChI is InChI=1S/C16H18N2O3/c1-10(7-11(2)19)18-15(16(20)21)8-12-9-17-14-6-4-3-5-13(12)14/h3-6,9,15,17H,7-8H2,1-2H3,(H,20,21)/t15-/m1/s1. The van der Waals surface area contributed by atoms with Gasteiger partial charge in [-0.1, -0.05) is 18.2 Å². The van der Waals surface area contributed by atoms with Gasteiger partial charge >= 0.3 is 5.97 Å². The van der Waals surface area contributed by atoms with E-state index in [1.807, 2.05) is 30.5 Å². The van der Waals surface area contributed by atoms with Crippen LogP contribution in [0.25, 0.3) is 10.9 Å². The number of carbonyl (C=O) groups is 2. The second-order valence-corrected chi connectivity index (χ2v) is 5.16. The number of fused-ring (bicyclic) bond motifs is 1. The van der Waals surface area contributed by atoms with Gasteiger partial charge in [0.05, 0.1) is 0 Å². The first-order chi connectivity index (χ1) is 9.97. The van der Waals surface area contributed by atoms with Crippen molar-refractivity contribution in [2.75, 3.05) is 0 Å². The zero-order valence-electron chi connectivity index (χ0n) is 12.1. The molecule has 2 aromatic rings. The Morgan fingerprint density at radius 1 is 1.29 bits per heavy atom. The predicted octanol–water partition coefficient (Wildman–Crippen LogP) is 2.60. The van der Waals surface area contributed by atoms with Gasteiger partial charge in [-0.05, 0) is 25.5 Å². The van der Waals surface area contributed by atoms with Gasteiger partial charge < -0.3 is 10.1 Å². The minimum atomic E-state index is -0.983.